The normalized spacial score (nSPS) is 13.0. The van der Waals surface area contributed by atoms with Crippen molar-refractivity contribution in [3.05, 3.63) is 70.8 Å². The molecular formula is C20H25FN4OS. The number of rotatable bonds is 8. The van der Waals surface area contributed by atoms with Crippen molar-refractivity contribution in [2.75, 3.05) is 11.1 Å². The van der Waals surface area contributed by atoms with Gasteiger partial charge in [-0.1, -0.05) is 19.6 Å². The Morgan fingerprint density at radius 2 is 2.11 bits per heavy atom. The molecule has 7 heteroatoms. The van der Waals surface area contributed by atoms with Crippen LogP contribution in [0.3, 0.4) is 0 Å². The van der Waals surface area contributed by atoms with Gasteiger partial charge in [-0.2, -0.15) is 0 Å². The fourth-order valence-electron chi connectivity index (χ4n) is 2.72. The number of hydrogen-bond acceptors (Lipinski definition) is 5. The summed E-state index contributed by atoms with van der Waals surface area (Å²) in [7, 11) is 0. The summed E-state index contributed by atoms with van der Waals surface area (Å²) in [4.78, 5) is 16.6. The molecule has 0 radical (unpaired) electrons. The molecule has 2 aromatic rings. The highest BCUT2D eigenvalue weighted by molar-refractivity contribution is 8.02. The summed E-state index contributed by atoms with van der Waals surface area (Å²) in [6.07, 6.45) is 1.07. The van der Waals surface area contributed by atoms with Gasteiger partial charge in [-0.05, 0) is 50.1 Å². The minimum Gasteiger partial charge on any atom is -0.394 e. The number of aromatic nitrogens is 1. The molecule has 5 N–H and O–H groups in total. The zero-order valence-electron chi connectivity index (χ0n) is 15.6. The highest BCUT2D eigenvalue weighted by Crippen LogP contribution is 2.32. The number of pyridine rings is 1. The average Bonchev–Trinajstić information content (AvgIpc) is 2.62. The lowest BCUT2D eigenvalue weighted by molar-refractivity contribution is 0.102. The summed E-state index contributed by atoms with van der Waals surface area (Å²) in [5.74, 6) is -0.129. The van der Waals surface area contributed by atoms with Crippen LogP contribution in [-0.4, -0.2) is 16.6 Å². The molecule has 0 aliphatic carbocycles. The van der Waals surface area contributed by atoms with Crippen molar-refractivity contribution in [1.29, 1.82) is 0 Å². The van der Waals surface area contributed by atoms with Crippen LogP contribution in [-0.2, 0) is 5.54 Å². The average molecular weight is 389 g/mol. The molecule has 0 aliphatic rings. The first kappa shape index (κ1) is 20.9. The molecule has 1 aromatic carbocycles. The third-order valence-electron chi connectivity index (χ3n) is 4.35. The number of benzene rings is 1. The van der Waals surface area contributed by atoms with Crippen molar-refractivity contribution in [3.8, 4) is 0 Å². The van der Waals surface area contributed by atoms with Crippen LogP contribution in [0.2, 0.25) is 0 Å². The van der Waals surface area contributed by atoms with E-state index < -0.39 is 11.4 Å². The number of thioether (sulfide) groups is 1. The summed E-state index contributed by atoms with van der Waals surface area (Å²) in [5.41, 5.74) is 13.1. The maximum Gasteiger partial charge on any atom is 0.274 e. The van der Waals surface area contributed by atoms with E-state index in [0.29, 0.717) is 40.6 Å². The molecule has 1 amide bonds. The van der Waals surface area contributed by atoms with E-state index in [0.717, 1.165) is 5.69 Å². The van der Waals surface area contributed by atoms with Gasteiger partial charge in [0.05, 0.1) is 5.03 Å². The summed E-state index contributed by atoms with van der Waals surface area (Å²) in [6.45, 7) is 7.36. The first-order chi connectivity index (χ1) is 12.7. The molecule has 0 spiro atoms. The molecule has 144 valence electrons. The van der Waals surface area contributed by atoms with Crippen molar-refractivity contribution >= 4 is 23.4 Å². The summed E-state index contributed by atoms with van der Waals surface area (Å²) >= 11 is 1.39. The number of hydrogen-bond donors (Lipinski definition) is 3. The van der Waals surface area contributed by atoms with Crippen molar-refractivity contribution in [2.24, 2.45) is 11.5 Å². The van der Waals surface area contributed by atoms with E-state index in [-0.39, 0.29) is 5.91 Å². The first-order valence-electron chi connectivity index (χ1n) is 8.66. The maximum absolute atomic E-state index is 14.5. The lowest BCUT2D eigenvalue weighted by atomic mass is 9.85. The van der Waals surface area contributed by atoms with Crippen molar-refractivity contribution in [1.82, 2.24) is 4.98 Å². The maximum atomic E-state index is 14.5. The third kappa shape index (κ3) is 5.55. The SMILES string of the molecule is C=C(N)SCC[C@@](N)(CC)c1cc(NC(=O)c2cccc(C)n2)ccc1F. The number of amides is 1. The molecule has 1 heterocycles. The Bertz CT molecular complexity index is 842. The topological polar surface area (TPSA) is 94.0 Å². The number of carbonyl (C=O) groups is 1. The molecule has 0 fully saturated rings. The number of halogens is 1. The van der Waals surface area contributed by atoms with Gasteiger partial charge in [-0.25, -0.2) is 9.37 Å². The molecular weight excluding hydrogens is 363 g/mol. The number of nitrogens with one attached hydrogen (secondary N) is 1. The highest BCUT2D eigenvalue weighted by Gasteiger charge is 2.28. The van der Waals surface area contributed by atoms with Crippen LogP contribution in [0.4, 0.5) is 10.1 Å². The van der Waals surface area contributed by atoms with Gasteiger partial charge in [0.15, 0.2) is 0 Å². The van der Waals surface area contributed by atoms with E-state index in [2.05, 4.69) is 16.9 Å². The third-order valence-corrected chi connectivity index (χ3v) is 5.13. The smallest absolute Gasteiger partial charge is 0.274 e. The Morgan fingerprint density at radius 1 is 1.37 bits per heavy atom. The highest BCUT2D eigenvalue weighted by atomic mass is 32.2. The van der Waals surface area contributed by atoms with Crippen LogP contribution in [0.1, 0.15) is 41.5 Å². The lowest BCUT2D eigenvalue weighted by Crippen LogP contribution is -2.37. The summed E-state index contributed by atoms with van der Waals surface area (Å²) in [5, 5.41) is 3.26. The second kappa shape index (κ2) is 9.01. The van der Waals surface area contributed by atoms with Crippen molar-refractivity contribution < 1.29 is 9.18 Å². The predicted octanol–water partition coefficient (Wildman–Crippen LogP) is 3.90. The van der Waals surface area contributed by atoms with E-state index in [1.807, 2.05) is 19.9 Å². The Morgan fingerprint density at radius 3 is 2.74 bits per heavy atom. The van der Waals surface area contributed by atoms with E-state index in [4.69, 9.17) is 11.5 Å². The Labute approximate surface area is 163 Å². The van der Waals surface area contributed by atoms with Gasteiger partial charge in [0.2, 0.25) is 0 Å². The van der Waals surface area contributed by atoms with Crippen LogP contribution < -0.4 is 16.8 Å². The van der Waals surface area contributed by atoms with E-state index >= 15 is 0 Å². The van der Waals surface area contributed by atoms with E-state index in [9.17, 15) is 9.18 Å². The minimum atomic E-state index is -0.866. The van der Waals surface area contributed by atoms with Crippen LogP contribution >= 0.6 is 11.8 Å². The van der Waals surface area contributed by atoms with Gasteiger partial charge in [0.1, 0.15) is 11.5 Å². The zero-order chi connectivity index (χ0) is 20.0. The molecule has 0 saturated heterocycles. The molecule has 1 aromatic heterocycles. The molecule has 5 nitrogen and oxygen atoms in total. The van der Waals surface area contributed by atoms with E-state index in [1.165, 1.54) is 23.9 Å². The van der Waals surface area contributed by atoms with Gasteiger partial charge in [0, 0.05) is 28.2 Å². The monoisotopic (exact) mass is 388 g/mol. The van der Waals surface area contributed by atoms with Gasteiger partial charge >= 0.3 is 0 Å². The zero-order valence-corrected chi connectivity index (χ0v) is 16.4. The summed E-state index contributed by atoms with van der Waals surface area (Å²) in [6, 6.07) is 9.63. The van der Waals surface area contributed by atoms with E-state index in [1.54, 1.807) is 18.2 Å². The number of carbonyl (C=O) groups excluding carboxylic acids is 1. The second-order valence-corrected chi connectivity index (χ2v) is 7.61. The lowest BCUT2D eigenvalue weighted by Gasteiger charge is -2.29. The Kier molecular flexibility index (Phi) is 6.98. The number of nitrogens with zero attached hydrogens (tertiary/aromatic N) is 1. The molecule has 0 aliphatic heterocycles. The fraction of sp³-hybridized carbons (Fsp3) is 0.300. The minimum absolute atomic E-state index is 0.299. The summed E-state index contributed by atoms with van der Waals surface area (Å²) < 4.78 is 14.5. The number of anilines is 1. The fourth-order valence-corrected chi connectivity index (χ4v) is 3.44. The van der Waals surface area contributed by atoms with Crippen molar-refractivity contribution in [3.63, 3.8) is 0 Å². The molecule has 2 rings (SSSR count). The van der Waals surface area contributed by atoms with Crippen molar-refractivity contribution in [2.45, 2.75) is 32.2 Å². The molecule has 0 unspecified atom stereocenters. The number of nitrogens with two attached hydrogens (primary N) is 2. The standard InChI is InChI=1S/C20H25FN4OS/c1-4-20(23,10-11-27-14(3)22)16-12-15(8-9-17(16)21)25-19(26)18-7-5-6-13(2)24-18/h5-9,12H,3-4,10-11,22-23H2,1-2H3,(H,25,26)/t20-/m0/s1. The second-order valence-electron chi connectivity index (χ2n) is 6.39. The molecule has 0 saturated carbocycles. The van der Waals surface area contributed by atoms with Gasteiger partial charge in [-0.15, -0.1) is 11.8 Å². The Balaban J connectivity index is 2.23. The molecule has 1 atom stereocenters. The van der Waals surface area contributed by atoms with Crippen LogP contribution in [0.25, 0.3) is 0 Å². The quantitative estimate of drug-likeness (QED) is 0.638. The van der Waals surface area contributed by atoms with Gasteiger partial charge in [0.25, 0.3) is 5.91 Å². The van der Waals surface area contributed by atoms with Crippen LogP contribution in [0, 0.1) is 12.7 Å². The predicted molar refractivity (Wildman–Crippen MR) is 110 cm³/mol. The van der Waals surface area contributed by atoms with Crippen LogP contribution in [0.15, 0.2) is 48.0 Å². The first-order valence-corrected chi connectivity index (χ1v) is 9.65. The Hall–Kier alpha value is -2.38. The van der Waals surface area contributed by atoms with Crippen LogP contribution in [0.5, 0.6) is 0 Å². The van der Waals surface area contributed by atoms with Gasteiger partial charge in [-0.3, -0.25) is 4.79 Å². The molecule has 0 bridgehead atoms. The number of aryl methyl sites for hydroxylation is 1. The molecule has 27 heavy (non-hydrogen) atoms. The van der Waals surface area contributed by atoms with Gasteiger partial charge < -0.3 is 16.8 Å². The largest absolute Gasteiger partial charge is 0.394 e.